The highest BCUT2D eigenvalue weighted by Crippen LogP contribution is 2.31. The third kappa shape index (κ3) is 5.41. The highest BCUT2D eigenvalue weighted by molar-refractivity contribution is 7.20. The second-order valence-corrected chi connectivity index (χ2v) is 10.4. The molecule has 10 heteroatoms. The maximum absolute atomic E-state index is 14.1. The first-order valence-corrected chi connectivity index (χ1v) is 12.9. The van der Waals surface area contributed by atoms with Gasteiger partial charge >= 0.3 is 0 Å². The Hall–Kier alpha value is -4.83. The van der Waals surface area contributed by atoms with Gasteiger partial charge in [-0.15, -0.1) is 11.3 Å². The standard InChI is InChI=1S/C29H24FN5O3S/c1-29(2,17-10-4-3-5-11-17)33-27(38)23-16-20-24(34-35-28(20)39-23)32-26(37)19-13-7-9-15-22(19)31-25(36)18-12-6-8-14-21(18)30/h3-16H,1-2H3,(H,31,36)(H,33,38)(H2,32,34,35,37). The molecule has 196 valence electrons. The van der Waals surface area contributed by atoms with Crippen LogP contribution in [0.1, 0.15) is 49.8 Å². The fraction of sp³-hybridized carbons (Fsp3) is 0.103. The van der Waals surface area contributed by atoms with Crippen LogP contribution in [0.4, 0.5) is 15.9 Å². The molecule has 2 aromatic heterocycles. The fourth-order valence-electron chi connectivity index (χ4n) is 4.10. The molecule has 4 N–H and O–H groups in total. The van der Waals surface area contributed by atoms with Crippen LogP contribution in [-0.4, -0.2) is 27.9 Å². The zero-order valence-electron chi connectivity index (χ0n) is 21.0. The number of halogens is 1. The Morgan fingerprint density at radius 3 is 2.21 bits per heavy atom. The summed E-state index contributed by atoms with van der Waals surface area (Å²) in [7, 11) is 0. The van der Waals surface area contributed by atoms with E-state index < -0.39 is 23.2 Å². The summed E-state index contributed by atoms with van der Waals surface area (Å²) in [6.45, 7) is 3.85. The Labute approximate surface area is 227 Å². The molecule has 0 radical (unpaired) electrons. The SMILES string of the molecule is CC(C)(NC(=O)c1cc2c(NC(=O)c3ccccc3NC(=O)c3ccccc3F)n[nH]c2s1)c1ccccc1. The zero-order valence-corrected chi connectivity index (χ0v) is 21.9. The van der Waals surface area contributed by atoms with Gasteiger partial charge in [-0.1, -0.05) is 54.6 Å². The molecule has 0 unspecified atom stereocenters. The second-order valence-electron chi connectivity index (χ2n) is 9.30. The van der Waals surface area contributed by atoms with Crippen LogP contribution in [0.2, 0.25) is 0 Å². The predicted molar refractivity (Wildman–Crippen MR) is 150 cm³/mol. The number of nitrogens with zero attached hydrogens (tertiary/aromatic N) is 1. The second kappa shape index (κ2) is 10.5. The van der Waals surface area contributed by atoms with Crippen molar-refractivity contribution in [2.45, 2.75) is 19.4 Å². The van der Waals surface area contributed by atoms with Crippen LogP contribution in [0, 0.1) is 5.82 Å². The van der Waals surface area contributed by atoms with Crippen molar-refractivity contribution in [2.75, 3.05) is 10.6 Å². The van der Waals surface area contributed by atoms with Crippen LogP contribution in [0.25, 0.3) is 10.2 Å². The molecule has 5 rings (SSSR count). The van der Waals surface area contributed by atoms with Gasteiger partial charge in [-0.25, -0.2) is 4.39 Å². The summed E-state index contributed by atoms with van der Waals surface area (Å²) < 4.78 is 14.1. The molecule has 0 atom stereocenters. The van der Waals surface area contributed by atoms with Gasteiger partial charge in [0.2, 0.25) is 0 Å². The van der Waals surface area contributed by atoms with E-state index in [0.29, 0.717) is 15.1 Å². The molecule has 0 saturated carbocycles. The molecule has 5 aromatic rings. The molecular weight excluding hydrogens is 517 g/mol. The molecule has 0 saturated heterocycles. The number of rotatable bonds is 7. The lowest BCUT2D eigenvalue weighted by molar-refractivity contribution is 0.0915. The van der Waals surface area contributed by atoms with E-state index >= 15 is 0 Å². The molecule has 3 amide bonds. The van der Waals surface area contributed by atoms with E-state index in [1.807, 2.05) is 44.2 Å². The van der Waals surface area contributed by atoms with Crippen molar-refractivity contribution in [1.29, 1.82) is 0 Å². The highest BCUT2D eigenvalue weighted by Gasteiger charge is 2.25. The quantitative estimate of drug-likeness (QED) is 0.204. The Morgan fingerprint density at radius 2 is 1.46 bits per heavy atom. The summed E-state index contributed by atoms with van der Waals surface area (Å²) in [4.78, 5) is 39.9. The molecular formula is C29H24FN5O3S. The van der Waals surface area contributed by atoms with E-state index in [9.17, 15) is 18.8 Å². The third-order valence-corrected chi connectivity index (χ3v) is 7.21. The molecule has 0 bridgehead atoms. The normalized spacial score (nSPS) is 11.3. The van der Waals surface area contributed by atoms with Crippen LogP contribution < -0.4 is 16.0 Å². The number of hydrogen-bond acceptors (Lipinski definition) is 5. The molecule has 3 aromatic carbocycles. The van der Waals surface area contributed by atoms with Gasteiger partial charge in [0.05, 0.1) is 32.6 Å². The van der Waals surface area contributed by atoms with Gasteiger partial charge in [0.25, 0.3) is 17.7 Å². The number of aromatic nitrogens is 2. The number of aromatic amines is 1. The highest BCUT2D eigenvalue weighted by atomic mass is 32.1. The first kappa shape index (κ1) is 25.8. The maximum atomic E-state index is 14.1. The largest absolute Gasteiger partial charge is 0.342 e. The molecule has 0 spiro atoms. The minimum absolute atomic E-state index is 0.138. The van der Waals surface area contributed by atoms with Crippen LogP contribution in [-0.2, 0) is 5.54 Å². The lowest BCUT2D eigenvalue weighted by Gasteiger charge is -2.26. The summed E-state index contributed by atoms with van der Waals surface area (Å²) in [5.41, 5.74) is 0.610. The van der Waals surface area contributed by atoms with Gasteiger partial charge in [0, 0.05) is 0 Å². The number of amides is 3. The Morgan fingerprint density at radius 1 is 0.821 bits per heavy atom. The van der Waals surface area contributed by atoms with E-state index in [-0.39, 0.29) is 28.5 Å². The van der Waals surface area contributed by atoms with Crippen LogP contribution in [0.3, 0.4) is 0 Å². The number of carbonyl (C=O) groups is 3. The lowest BCUT2D eigenvalue weighted by atomic mass is 9.94. The van der Waals surface area contributed by atoms with Crippen molar-refractivity contribution in [3.8, 4) is 0 Å². The first-order valence-electron chi connectivity index (χ1n) is 12.0. The third-order valence-electron chi connectivity index (χ3n) is 6.17. The number of fused-ring (bicyclic) bond motifs is 1. The molecule has 8 nitrogen and oxygen atoms in total. The Balaban J connectivity index is 1.33. The summed E-state index contributed by atoms with van der Waals surface area (Å²) in [5, 5.41) is 16.0. The maximum Gasteiger partial charge on any atom is 0.262 e. The molecule has 0 aliphatic rings. The number of benzene rings is 3. The number of H-pyrrole nitrogens is 1. The van der Waals surface area contributed by atoms with Gasteiger partial charge < -0.3 is 16.0 Å². The van der Waals surface area contributed by atoms with Crippen LogP contribution in [0.15, 0.2) is 84.9 Å². The topological polar surface area (TPSA) is 116 Å². The van der Waals surface area contributed by atoms with Gasteiger partial charge in [0.15, 0.2) is 5.82 Å². The van der Waals surface area contributed by atoms with Crippen molar-refractivity contribution in [1.82, 2.24) is 15.5 Å². The van der Waals surface area contributed by atoms with Crippen molar-refractivity contribution in [2.24, 2.45) is 0 Å². The van der Waals surface area contributed by atoms with E-state index in [1.165, 1.54) is 35.6 Å². The number of thiophene rings is 1. The smallest absolute Gasteiger partial charge is 0.262 e. The van der Waals surface area contributed by atoms with Gasteiger partial charge in [0.1, 0.15) is 10.6 Å². The minimum Gasteiger partial charge on any atom is -0.342 e. The summed E-state index contributed by atoms with van der Waals surface area (Å²) in [6, 6.07) is 23.3. The van der Waals surface area contributed by atoms with Gasteiger partial charge in [-0.3, -0.25) is 19.5 Å². The summed E-state index contributed by atoms with van der Waals surface area (Å²) in [6.07, 6.45) is 0. The average molecular weight is 542 g/mol. The number of nitrogens with one attached hydrogen (secondary N) is 4. The molecule has 0 aliphatic heterocycles. The molecule has 0 aliphatic carbocycles. The monoisotopic (exact) mass is 541 g/mol. The first-order chi connectivity index (χ1) is 18.7. The number of para-hydroxylation sites is 1. The number of hydrogen-bond donors (Lipinski definition) is 4. The summed E-state index contributed by atoms with van der Waals surface area (Å²) >= 11 is 1.22. The Bertz CT molecular complexity index is 1690. The van der Waals surface area contributed by atoms with Gasteiger partial charge in [-0.05, 0) is 49.7 Å². The van der Waals surface area contributed by atoms with Crippen molar-refractivity contribution >= 4 is 50.8 Å². The lowest BCUT2D eigenvalue weighted by Crippen LogP contribution is -2.40. The molecule has 0 fully saturated rings. The van der Waals surface area contributed by atoms with E-state index in [1.54, 1.807) is 30.3 Å². The zero-order chi connectivity index (χ0) is 27.6. The van der Waals surface area contributed by atoms with E-state index in [0.717, 1.165) is 5.56 Å². The van der Waals surface area contributed by atoms with Crippen molar-refractivity contribution < 1.29 is 18.8 Å². The van der Waals surface area contributed by atoms with Crippen LogP contribution >= 0.6 is 11.3 Å². The van der Waals surface area contributed by atoms with Gasteiger partial charge in [-0.2, -0.15) is 5.10 Å². The van der Waals surface area contributed by atoms with E-state index in [4.69, 9.17) is 0 Å². The average Bonchev–Trinajstić information content (AvgIpc) is 3.51. The molecule has 39 heavy (non-hydrogen) atoms. The number of carbonyl (C=O) groups excluding carboxylic acids is 3. The van der Waals surface area contributed by atoms with E-state index in [2.05, 4.69) is 26.1 Å². The molecule has 2 heterocycles. The van der Waals surface area contributed by atoms with Crippen LogP contribution in [0.5, 0.6) is 0 Å². The van der Waals surface area contributed by atoms with Crippen molar-refractivity contribution in [3.63, 3.8) is 0 Å². The Kier molecular flexibility index (Phi) is 6.95. The summed E-state index contributed by atoms with van der Waals surface area (Å²) in [5.74, 6) is -1.89. The fourth-order valence-corrected chi connectivity index (χ4v) is 4.99. The van der Waals surface area contributed by atoms with Crippen molar-refractivity contribution in [3.05, 3.63) is 112 Å². The predicted octanol–water partition coefficient (Wildman–Crippen LogP) is 5.93. The number of anilines is 2. The minimum atomic E-state index is -0.678.